The van der Waals surface area contributed by atoms with Crippen molar-refractivity contribution in [3.8, 4) is 11.5 Å². The van der Waals surface area contributed by atoms with Gasteiger partial charge in [-0.25, -0.2) is 8.42 Å². The number of ether oxygens (including phenoxy) is 2. The van der Waals surface area contributed by atoms with Crippen LogP contribution in [0.5, 0.6) is 11.5 Å². The second kappa shape index (κ2) is 11.8. The molecule has 194 valence electrons. The second-order valence-electron chi connectivity index (χ2n) is 9.13. The van der Waals surface area contributed by atoms with E-state index in [1.807, 2.05) is 12.1 Å². The Kier molecular flexibility index (Phi) is 8.53. The lowest BCUT2D eigenvalue weighted by molar-refractivity contribution is -0.111. The monoisotopic (exact) mass is 513 g/mol. The molecule has 2 aromatic rings. The van der Waals surface area contributed by atoms with Crippen molar-refractivity contribution in [1.29, 1.82) is 0 Å². The Morgan fingerprint density at radius 1 is 0.861 bits per heavy atom. The Labute approximate surface area is 213 Å². The SMILES string of the molecule is COc1ccc(/C=C/C(=O)Nc2cc(S(=O)(=O)N3CCCCC3)ccc2N2CCCCC2)cc1OC. The Morgan fingerprint density at radius 2 is 1.53 bits per heavy atom. The van der Waals surface area contributed by atoms with Crippen molar-refractivity contribution in [3.05, 3.63) is 48.0 Å². The quantitative estimate of drug-likeness (QED) is 0.522. The minimum Gasteiger partial charge on any atom is -0.493 e. The van der Waals surface area contributed by atoms with E-state index in [0.29, 0.717) is 30.3 Å². The number of nitrogens with zero attached hydrogens (tertiary/aromatic N) is 2. The summed E-state index contributed by atoms with van der Waals surface area (Å²) in [4.78, 5) is 15.4. The van der Waals surface area contributed by atoms with E-state index in [0.717, 1.165) is 56.4 Å². The van der Waals surface area contributed by atoms with Gasteiger partial charge in [-0.3, -0.25) is 4.79 Å². The van der Waals surface area contributed by atoms with Crippen molar-refractivity contribution in [2.45, 2.75) is 43.4 Å². The van der Waals surface area contributed by atoms with Gasteiger partial charge in [-0.1, -0.05) is 12.5 Å². The number of piperidine rings is 2. The van der Waals surface area contributed by atoms with Gasteiger partial charge in [0.25, 0.3) is 0 Å². The van der Waals surface area contributed by atoms with Gasteiger partial charge in [0.1, 0.15) is 0 Å². The van der Waals surface area contributed by atoms with Crippen molar-refractivity contribution in [2.75, 3.05) is 50.6 Å². The number of hydrogen-bond acceptors (Lipinski definition) is 6. The first-order valence-electron chi connectivity index (χ1n) is 12.5. The zero-order valence-electron chi connectivity index (χ0n) is 21.0. The molecule has 2 aromatic carbocycles. The van der Waals surface area contributed by atoms with Crippen molar-refractivity contribution >= 4 is 33.4 Å². The Hall–Kier alpha value is -3.04. The van der Waals surface area contributed by atoms with Crippen LogP contribution in [0.2, 0.25) is 0 Å². The molecule has 0 atom stereocenters. The van der Waals surface area contributed by atoms with E-state index in [2.05, 4.69) is 10.2 Å². The molecule has 2 aliphatic rings. The summed E-state index contributed by atoms with van der Waals surface area (Å²) in [6.45, 7) is 2.82. The number of amides is 1. The molecular formula is C27H35N3O5S. The van der Waals surface area contributed by atoms with Crippen LogP contribution in [0.25, 0.3) is 6.08 Å². The van der Waals surface area contributed by atoms with Gasteiger partial charge in [-0.15, -0.1) is 0 Å². The van der Waals surface area contributed by atoms with Gasteiger partial charge in [0, 0.05) is 32.3 Å². The largest absolute Gasteiger partial charge is 0.493 e. The van der Waals surface area contributed by atoms with Crippen LogP contribution < -0.4 is 19.7 Å². The normalized spacial score (nSPS) is 17.2. The summed E-state index contributed by atoms with van der Waals surface area (Å²) in [6, 6.07) is 10.5. The highest BCUT2D eigenvalue weighted by Gasteiger charge is 2.27. The molecule has 2 heterocycles. The van der Waals surface area contributed by atoms with E-state index in [9.17, 15) is 13.2 Å². The Balaban J connectivity index is 1.59. The molecule has 2 saturated heterocycles. The molecule has 0 radical (unpaired) electrons. The van der Waals surface area contributed by atoms with Gasteiger partial charge in [-0.05, 0) is 74.1 Å². The zero-order chi connectivity index (χ0) is 25.5. The van der Waals surface area contributed by atoms with Gasteiger partial charge < -0.3 is 19.7 Å². The maximum Gasteiger partial charge on any atom is 0.248 e. The first-order chi connectivity index (χ1) is 17.4. The average molecular weight is 514 g/mol. The van der Waals surface area contributed by atoms with Crippen molar-refractivity contribution < 1.29 is 22.7 Å². The fourth-order valence-electron chi connectivity index (χ4n) is 4.74. The molecule has 0 saturated carbocycles. The number of benzene rings is 2. The molecule has 4 rings (SSSR count). The topological polar surface area (TPSA) is 88.2 Å². The third-order valence-corrected chi connectivity index (χ3v) is 8.60. The fraction of sp³-hybridized carbons (Fsp3) is 0.444. The maximum atomic E-state index is 13.3. The molecule has 36 heavy (non-hydrogen) atoms. The molecule has 1 amide bonds. The molecule has 0 unspecified atom stereocenters. The standard InChI is InChI=1S/C27H35N3O5S/c1-34-25-13-9-21(19-26(25)35-2)10-14-27(31)28-23-20-22(36(32,33)30-17-7-4-8-18-30)11-12-24(23)29-15-5-3-6-16-29/h9-14,19-20H,3-8,15-18H2,1-2H3,(H,28,31)/b14-10+. The molecule has 0 aromatic heterocycles. The zero-order valence-corrected chi connectivity index (χ0v) is 21.9. The predicted octanol–water partition coefficient (Wildman–Crippen LogP) is 4.52. The van der Waals surface area contributed by atoms with Crippen molar-refractivity contribution in [1.82, 2.24) is 4.31 Å². The third-order valence-electron chi connectivity index (χ3n) is 6.71. The summed E-state index contributed by atoms with van der Waals surface area (Å²) < 4.78 is 38.7. The maximum absolute atomic E-state index is 13.3. The highest BCUT2D eigenvalue weighted by Crippen LogP contribution is 2.33. The summed E-state index contributed by atoms with van der Waals surface area (Å²) in [5.74, 6) is 0.843. The number of methoxy groups -OCH3 is 2. The second-order valence-corrected chi connectivity index (χ2v) is 11.1. The molecule has 0 spiro atoms. The lowest BCUT2D eigenvalue weighted by Gasteiger charge is -2.31. The van der Waals surface area contributed by atoms with E-state index >= 15 is 0 Å². The summed E-state index contributed by atoms with van der Waals surface area (Å²) in [6.07, 6.45) is 9.23. The van der Waals surface area contributed by atoms with Gasteiger partial charge in [0.2, 0.25) is 15.9 Å². The third kappa shape index (κ3) is 6.02. The molecule has 0 aliphatic carbocycles. The van der Waals surface area contributed by atoms with Crippen LogP contribution >= 0.6 is 0 Å². The van der Waals surface area contributed by atoms with Crippen LogP contribution in [-0.4, -0.2) is 59.0 Å². The number of hydrogen-bond donors (Lipinski definition) is 1. The highest BCUT2D eigenvalue weighted by atomic mass is 32.2. The Morgan fingerprint density at radius 3 is 2.19 bits per heavy atom. The van der Waals surface area contributed by atoms with E-state index in [1.54, 1.807) is 48.9 Å². The lowest BCUT2D eigenvalue weighted by atomic mass is 10.1. The number of anilines is 2. The fourth-order valence-corrected chi connectivity index (χ4v) is 6.29. The van der Waals surface area contributed by atoms with Crippen LogP contribution in [0.3, 0.4) is 0 Å². The minimum atomic E-state index is -3.62. The number of sulfonamides is 1. The van der Waals surface area contributed by atoms with Crippen LogP contribution in [0.4, 0.5) is 11.4 Å². The smallest absolute Gasteiger partial charge is 0.248 e. The summed E-state index contributed by atoms with van der Waals surface area (Å²) in [5, 5.41) is 2.94. The van der Waals surface area contributed by atoms with E-state index in [-0.39, 0.29) is 10.8 Å². The molecular weight excluding hydrogens is 478 g/mol. The molecule has 2 aliphatic heterocycles. The summed E-state index contributed by atoms with van der Waals surface area (Å²) >= 11 is 0. The molecule has 8 nitrogen and oxygen atoms in total. The van der Waals surface area contributed by atoms with E-state index < -0.39 is 10.0 Å². The van der Waals surface area contributed by atoms with Crippen molar-refractivity contribution in [2.24, 2.45) is 0 Å². The van der Waals surface area contributed by atoms with Crippen LogP contribution in [0.15, 0.2) is 47.4 Å². The molecule has 1 N–H and O–H groups in total. The molecule has 0 bridgehead atoms. The van der Waals surface area contributed by atoms with Gasteiger partial charge in [0.05, 0.1) is 30.5 Å². The Bertz CT molecular complexity index is 1200. The summed E-state index contributed by atoms with van der Waals surface area (Å²) in [5.41, 5.74) is 2.14. The number of rotatable bonds is 8. The minimum absolute atomic E-state index is 0.212. The van der Waals surface area contributed by atoms with E-state index in [4.69, 9.17) is 9.47 Å². The first-order valence-corrected chi connectivity index (χ1v) is 14.0. The number of carbonyl (C=O) groups excluding carboxylic acids is 1. The molecule has 9 heteroatoms. The average Bonchev–Trinajstić information content (AvgIpc) is 2.92. The van der Waals surface area contributed by atoms with Gasteiger partial charge >= 0.3 is 0 Å². The van der Waals surface area contributed by atoms with Crippen LogP contribution in [0.1, 0.15) is 44.1 Å². The predicted molar refractivity (Wildman–Crippen MR) is 142 cm³/mol. The van der Waals surface area contributed by atoms with Crippen molar-refractivity contribution in [3.63, 3.8) is 0 Å². The van der Waals surface area contributed by atoms with Gasteiger partial charge in [-0.2, -0.15) is 4.31 Å². The lowest BCUT2D eigenvalue weighted by Crippen LogP contribution is -2.35. The van der Waals surface area contributed by atoms with E-state index in [1.165, 1.54) is 12.5 Å². The highest BCUT2D eigenvalue weighted by molar-refractivity contribution is 7.89. The molecule has 2 fully saturated rings. The number of nitrogens with one attached hydrogen (secondary N) is 1. The first kappa shape index (κ1) is 26.0. The summed E-state index contributed by atoms with van der Waals surface area (Å²) in [7, 11) is -0.487. The number of carbonyl (C=O) groups is 1. The van der Waals surface area contributed by atoms with Gasteiger partial charge in [0.15, 0.2) is 11.5 Å². The van der Waals surface area contributed by atoms with Crippen LogP contribution in [0, 0.1) is 0 Å². The van der Waals surface area contributed by atoms with Crippen LogP contribution in [-0.2, 0) is 14.8 Å².